The summed E-state index contributed by atoms with van der Waals surface area (Å²) in [5.41, 5.74) is 0.831. The number of H-pyrrole nitrogens is 1. The molecule has 2 heterocycles. The molecule has 1 aromatic carbocycles. The molecule has 24 heavy (non-hydrogen) atoms. The van der Waals surface area contributed by atoms with Gasteiger partial charge in [0.2, 0.25) is 5.82 Å². The van der Waals surface area contributed by atoms with Gasteiger partial charge in [0.25, 0.3) is 0 Å². The number of halogens is 1. The molecule has 0 atom stereocenters. The number of aromatic amines is 1. The van der Waals surface area contributed by atoms with Crippen LogP contribution in [0, 0.1) is 5.82 Å². The van der Waals surface area contributed by atoms with Crippen LogP contribution in [0.4, 0.5) is 4.39 Å². The first kappa shape index (κ1) is 15.7. The second-order valence-corrected chi connectivity index (χ2v) is 4.99. The number of aromatic nitrogens is 3. The molecule has 0 aliphatic carbocycles. The predicted molar refractivity (Wildman–Crippen MR) is 87.5 cm³/mol. The molecule has 0 unspecified atom stereocenters. The van der Waals surface area contributed by atoms with Gasteiger partial charge in [-0.05, 0) is 29.8 Å². The first-order chi connectivity index (χ1) is 11.7. The zero-order chi connectivity index (χ0) is 16.8. The molecule has 3 N–H and O–H groups in total. The van der Waals surface area contributed by atoms with Gasteiger partial charge < -0.3 is 15.1 Å². The zero-order valence-electron chi connectivity index (χ0n) is 13.1. The van der Waals surface area contributed by atoms with Crippen LogP contribution in [0.1, 0.15) is 11.4 Å². The highest BCUT2D eigenvalue weighted by Gasteiger charge is 2.08. The molecule has 0 saturated heterocycles. The molecule has 0 bridgehead atoms. The van der Waals surface area contributed by atoms with E-state index in [1.54, 1.807) is 31.5 Å². The molecule has 0 amide bonds. The summed E-state index contributed by atoms with van der Waals surface area (Å²) in [7, 11) is 1.66. The maximum Gasteiger partial charge on any atom is 0.216 e. The third-order valence-corrected chi connectivity index (χ3v) is 3.27. The number of rotatable bonds is 5. The number of hydrogen-bond acceptors (Lipinski definition) is 4. The van der Waals surface area contributed by atoms with Crippen LogP contribution < -0.4 is 10.6 Å². The van der Waals surface area contributed by atoms with Crippen molar-refractivity contribution in [1.82, 2.24) is 25.8 Å². The highest BCUT2D eigenvalue weighted by Crippen LogP contribution is 2.14. The van der Waals surface area contributed by atoms with Crippen molar-refractivity contribution in [2.75, 3.05) is 7.05 Å². The maximum absolute atomic E-state index is 13.2. The Labute approximate surface area is 138 Å². The molecule has 0 aliphatic heterocycles. The number of nitrogens with zero attached hydrogens (tertiary/aromatic N) is 3. The van der Waals surface area contributed by atoms with Crippen LogP contribution in [0.3, 0.4) is 0 Å². The molecular weight excluding hydrogens is 311 g/mol. The van der Waals surface area contributed by atoms with Gasteiger partial charge in [-0.1, -0.05) is 12.1 Å². The van der Waals surface area contributed by atoms with Crippen molar-refractivity contribution in [3.63, 3.8) is 0 Å². The topological polar surface area (TPSA) is 91.1 Å². The quantitative estimate of drug-likeness (QED) is 0.493. The molecule has 0 aliphatic rings. The van der Waals surface area contributed by atoms with Crippen molar-refractivity contribution < 1.29 is 8.81 Å². The third-order valence-electron chi connectivity index (χ3n) is 3.27. The summed E-state index contributed by atoms with van der Waals surface area (Å²) < 4.78 is 18.4. The average molecular weight is 328 g/mol. The zero-order valence-corrected chi connectivity index (χ0v) is 13.1. The largest absolute Gasteiger partial charge is 0.461 e. The summed E-state index contributed by atoms with van der Waals surface area (Å²) >= 11 is 0. The summed E-state index contributed by atoms with van der Waals surface area (Å²) in [5, 5.41) is 13.2. The molecule has 0 fully saturated rings. The lowest BCUT2D eigenvalue weighted by atomic mass is 10.2. The van der Waals surface area contributed by atoms with E-state index in [9.17, 15) is 4.39 Å². The van der Waals surface area contributed by atoms with Gasteiger partial charge in [0.15, 0.2) is 11.7 Å². The van der Waals surface area contributed by atoms with Gasteiger partial charge in [-0.25, -0.2) is 9.37 Å². The minimum absolute atomic E-state index is 0.260. The van der Waals surface area contributed by atoms with E-state index in [0.29, 0.717) is 36.5 Å². The molecule has 0 saturated carbocycles. The number of guanidine groups is 1. The Morgan fingerprint density at radius 2 is 2.12 bits per heavy atom. The normalized spacial score (nSPS) is 11.5. The van der Waals surface area contributed by atoms with Crippen LogP contribution in [0.2, 0.25) is 0 Å². The number of furan rings is 1. The molecule has 0 spiro atoms. The standard InChI is InChI=1S/C16H17FN6O/c1-18-16(19-9-11-4-2-5-12(17)8-11)20-10-14-21-15(23-22-14)13-6-3-7-24-13/h2-8H,9-10H2,1H3,(H2,18,19,20)(H,21,22,23). The van der Waals surface area contributed by atoms with Crippen molar-refractivity contribution in [2.24, 2.45) is 4.99 Å². The fraction of sp³-hybridized carbons (Fsp3) is 0.188. The maximum atomic E-state index is 13.2. The molecule has 3 rings (SSSR count). The lowest BCUT2D eigenvalue weighted by Crippen LogP contribution is -2.36. The SMILES string of the molecule is CN=C(NCc1cccc(F)c1)NCc1nc(-c2ccco2)n[nH]1. The second kappa shape index (κ2) is 7.40. The molecule has 2 aromatic heterocycles. The van der Waals surface area contributed by atoms with E-state index in [-0.39, 0.29) is 5.82 Å². The fourth-order valence-electron chi connectivity index (χ4n) is 2.11. The summed E-state index contributed by atoms with van der Waals surface area (Å²) in [4.78, 5) is 8.45. The van der Waals surface area contributed by atoms with Crippen LogP contribution in [-0.4, -0.2) is 28.2 Å². The first-order valence-electron chi connectivity index (χ1n) is 7.38. The first-order valence-corrected chi connectivity index (χ1v) is 7.38. The van der Waals surface area contributed by atoms with Crippen molar-refractivity contribution in [3.8, 4) is 11.6 Å². The Morgan fingerprint density at radius 3 is 2.88 bits per heavy atom. The Morgan fingerprint density at radius 1 is 1.25 bits per heavy atom. The summed E-state index contributed by atoms with van der Waals surface area (Å²) in [6.07, 6.45) is 1.57. The van der Waals surface area contributed by atoms with Gasteiger partial charge in [-0.2, -0.15) is 0 Å². The fourth-order valence-corrected chi connectivity index (χ4v) is 2.11. The number of benzene rings is 1. The van der Waals surface area contributed by atoms with Crippen molar-refractivity contribution in [2.45, 2.75) is 13.1 Å². The predicted octanol–water partition coefficient (Wildman–Crippen LogP) is 2.07. The Hall–Kier alpha value is -3.16. The molecular formula is C16H17FN6O. The summed E-state index contributed by atoms with van der Waals surface area (Å²) in [5.74, 6) is 2.07. The van der Waals surface area contributed by atoms with Crippen molar-refractivity contribution >= 4 is 5.96 Å². The van der Waals surface area contributed by atoms with Crippen LogP contribution in [0.25, 0.3) is 11.6 Å². The lowest BCUT2D eigenvalue weighted by molar-refractivity contribution is 0.577. The smallest absolute Gasteiger partial charge is 0.216 e. The van der Waals surface area contributed by atoms with Crippen LogP contribution in [0.5, 0.6) is 0 Å². The molecule has 3 aromatic rings. The van der Waals surface area contributed by atoms with E-state index >= 15 is 0 Å². The summed E-state index contributed by atoms with van der Waals surface area (Å²) in [6, 6.07) is 9.98. The van der Waals surface area contributed by atoms with E-state index in [4.69, 9.17) is 4.42 Å². The molecule has 8 heteroatoms. The Bertz CT molecular complexity index is 812. The van der Waals surface area contributed by atoms with E-state index in [0.717, 1.165) is 5.56 Å². The van der Waals surface area contributed by atoms with Gasteiger partial charge in [-0.3, -0.25) is 10.1 Å². The average Bonchev–Trinajstić information content (AvgIpc) is 3.26. The van der Waals surface area contributed by atoms with Gasteiger partial charge in [0, 0.05) is 13.6 Å². The highest BCUT2D eigenvalue weighted by atomic mass is 19.1. The molecule has 124 valence electrons. The Balaban J connectivity index is 1.53. The van der Waals surface area contributed by atoms with Crippen molar-refractivity contribution in [3.05, 3.63) is 59.9 Å². The minimum atomic E-state index is -0.260. The van der Waals surface area contributed by atoms with Gasteiger partial charge in [-0.15, -0.1) is 5.10 Å². The second-order valence-electron chi connectivity index (χ2n) is 4.99. The van der Waals surface area contributed by atoms with Gasteiger partial charge in [0.05, 0.1) is 12.8 Å². The van der Waals surface area contributed by atoms with E-state index in [1.165, 1.54) is 12.1 Å². The third kappa shape index (κ3) is 3.97. The van der Waals surface area contributed by atoms with E-state index in [1.807, 2.05) is 6.07 Å². The van der Waals surface area contributed by atoms with Gasteiger partial charge in [0.1, 0.15) is 11.6 Å². The molecule has 7 nitrogen and oxygen atoms in total. The van der Waals surface area contributed by atoms with Gasteiger partial charge >= 0.3 is 0 Å². The van der Waals surface area contributed by atoms with E-state index in [2.05, 4.69) is 30.8 Å². The minimum Gasteiger partial charge on any atom is -0.461 e. The number of hydrogen-bond donors (Lipinski definition) is 3. The van der Waals surface area contributed by atoms with Crippen LogP contribution in [-0.2, 0) is 13.1 Å². The Kier molecular flexibility index (Phi) is 4.85. The van der Waals surface area contributed by atoms with Crippen LogP contribution >= 0.6 is 0 Å². The highest BCUT2D eigenvalue weighted by molar-refractivity contribution is 5.79. The number of aliphatic imine (C=N–C) groups is 1. The summed E-state index contributed by atoms with van der Waals surface area (Å²) in [6.45, 7) is 0.877. The van der Waals surface area contributed by atoms with Crippen LogP contribution in [0.15, 0.2) is 52.1 Å². The van der Waals surface area contributed by atoms with E-state index < -0.39 is 0 Å². The lowest BCUT2D eigenvalue weighted by Gasteiger charge is -2.10. The van der Waals surface area contributed by atoms with Crippen molar-refractivity contribution in [1.29, 1.82) is 0 Å². The monoisotopic (exact) mass is 328 g/mol. The number of nitrogens with one attached hydrogen (secondary N) is 3. The molecule has 0 radical (unpaired) electrons.